The van der Waals surface area contributed by atoms with Crippen LogP contribution in [0.4, 0.5) is 14.5 Å². The van der Waals surface area contributed by atoms with Gasteiger partial charge in [-0.2, -0.15) is 0 Å². The molecule has 0 atom stereocenters. The van der Waals surface area contributed by atoms with Crippen LogP contribution < -0.4 is 15.4 Å². The molecule has 6 heteroatoms. The topological polar surface area (TPSA) is 55.6 Å². The van der Waals surface area contributed by atoms with E-state index in [-0.39, 0.29) is 18.0 Å². The van der Waals surface area contributed by atoms with E-state index in [9.17, 15) is 13.6 Å². The monoisotopic (exact) mass is 230 g/mol. The molecule has 0 unspecified atom stereocenters. The molecule has 0 aliphatic rings. The van der Waals surface area contributed by atoms with Gasteiger partial charge in [-0.05, 0) is 0 Å². The maximum absolute atomic E-state index is 13.5. The molecule has 0 spiro atoms. The van der Waals surface area contributed by atoms with Crippen LogP contribution in [0.2, 0.25) is 0 Å². The molecule has 16 heavy (non-hydrogen) atoms. The quantitative estimate of drug-likeness (QED) is 0.835. The predicted molar refractivity (Wildman–Crippen MR) is 55.4 cm³/mol. The van der Waals surface area contributed by atoms with Crippen molar-refractivity contribution in [1.29, 1.82) is 0 Å². The fraction of sp³-hybridized carbons (Fsp3) is 0.300. The van der Waals surface area contributed by atoms with Gasteiger partial charge in [0.2, 0.25) is 5.91 Å². The highest BCUT2D eigenvalue weighted by Crippen LogP contribution is 2.26. The Balaban J connectivity index is 3.05. The molecular weight excluding hydrogens is 218 g/mol. The van der Waals surface area contributed by atoms with Crippen LogP contribution in [0.1, 0.15) is 0 Å². The van der Waals surface area contributed by atoms with Crippen molar-refractivity contribution < 1.29 is 18.3 Å². The first-order valence-electron chi connectivity index (χ1n) is 4.48. The molecule has 1 aromatic rings. The lowest BCUT2D eigenvalue weighted by Gasteiger charge is -2.18. The van der Waals surface area contributed by atoms with Crippen LogP contribution in [0.5, 0.6) is 5.75 Å². The minimum Gasteiger partial charge on any atom is -0.494 e. The Morgan fingerprint density at radius 2 is 2.06 bits per heavy atom. The van der Waals surface area contributed by atoms with Crippen molar-refractivity contribution in [2.75, 3.05) is 25.6 Å². The Kier molecular flexibility index (Phi) is 3.65. The first kappa shape index (κ1) is 12.2. The molecule has 0 heterocycles. The molecule has 2 N–H and O–H groups in total. The maximum atomic E-state index is 13.5. The molecule has 1 rings (SSSR count). The lowest BCUT2D eigenvalue weighted by Crippen LogP contribution is -2.31. The van der Waals surface area contributed by atoms with E-state index >= 15 is 0 Å². The highest BCUT2D eigenvalue weighted by Gasteiger charge is 2.14. The Labute approximate surface area is 91.6 Å². The average Bonchev–Trinajstić information content (AvgIpc) is 2.19. The summed E-state index contributed by atoms with van der Waals surface area (Å²) in [4.78, 5) is 11.9. The predicted octanol–water partition coefficient (Wildman–Crippen LogP) is 0.895. The van der Waals surface area contributed by atoms with E-state index in [2.05, 4.69) is 4.74 Å². The summed E-state index contributed by atoms with van der Waals surface area (Å²) in [6.07, 6.45) is 0. The number of ether oxygens (including phenoxy) is 1. The zero-order chi connectivity index (χ0) is 12.3. The third kappa shape index (κ3) is 2.59. The Hall–Kier alpha value is -1.85. The van der Waals surface area contributed by atoms with Gasteiger partial charge in [0, 0.05) is 19.2 Å². The first-order chi connectivity index (χ1) is 7.45. The zero-order valence-corrected chi connectivity index (χ0v) is 8.96. The van der Waals surface area contributed by atoms with Crippen LogP contribution in [-0.2, 0) is 4.79 Å². The lowest BCUT2D eigenvalue weighted by atomic mass is 10.2. The summed E-state index contributed by atoms with van der Waals surface area (Å²) in [6.45, 7) is -0.192. The summed E-state index contributed by atoms with van der Waals surface area (Å²) in [6, 6.07) is 1.87. The number of primary amides is 1. The van der Waals surface area contributed by atoms with Gasteiger partial charge >= 0.3 is 0 Å². The lowest BCUT2D eigenvalue weighted by molar-refractivity contribution is -0.116. The van der Waals surface area contributed by atoms with Gasteiger partial charge in [0.25, 0.3) is 0 Å². The second-order valence-corrected chi connectivity index (χ2v) is 3.26. The minimum atomic E-state index is -0.699. The summed E-state index contributed by atoms with van der Waals surface area (Å²) in [5.41, 5.74) is 4.91. The molecule has 88 valence electrons. The minimum absolute atomic E-state index is 0.0444. The Bertz CT molecular complexity index is 410. The number of amides is 1. The Morgan fingerprint density at radius 3 is 2.56 bits per heavy atom. The highest BCUT2D eigenvalue weighted by atomic mass is 19.1. The maximum Gasteiger partial charge on any atom is 0.236 e. The van der Waals surface area contributed by atoms with Gasteiger partial charge in [-0.15, -0.1) is 0 Å². The van der Waals surface area contributed by atoms with Crippen molar-refractivity contribution in [3.8, 4) is 5.75 Å². The van der Waals surface area contributed by atoms with Gasteiger partial charge < -0.3 is 15.4 Å². The van der Waals surface area contributed by atoms with Crippen LogP contribution in [0, 0.1) is 11.6 Å². The van der Waals surface area contributed by atoms with Gasteiger partial charge in [0.1, 0.15) is 5.82 Å². The number of nitrogens with two attached hydrogens (primary N) is 1. The van der Waals surface area contributed by atoms with Crippen LogP contribution in [0.3, 0.4) is 0 Å². The number of benzene rings is 1. The average molecular weight is 230 g/mol. The highest BCUT2D eigenvalue weighted by molar-refractivity contribution is 5.79. The number of nitrogens with zero attached hydrogens (tertiary/aromatic N) is 1. The van der Waals surface area contributed by atoms with Crippen molar-refractivity contribution in [2.24, 2.45) is 5.73 Å². The largest absolute Gasteiger partial charge is 0.494 e. The molecule has 0 fully saturated rings. The third-order valence-corrected chi connectivity index (χ3v) is 2.03. The van der Waals surface area contributed by atoms with Gasteiger partial charge in [0.15, 0.2) is 11.6 Å². The smallest absolute Gasteiger partial charge is 0.236 e. The second kappa shape index (κ2) is 4.78. The molecule has 0 bridgehead atoms. The molecule has 0 aliphatic carbocycles. The number of hydrogen-bond donors (Lipinski definition) is 1. The van der Waals surface area contributed by atoms with E-state index in [0.717, 1.165) is 12.1 Å². The number of halogens is 2. The summed E-state index contributed by atoms with van der Waals surface area (Å²) >= 11 is 0. The van der Waals surface area contributed by atoms with Crippen LogP contribution >= 0.6 is 0 Å². The summed E-state index contributed by atoms with van der Waals surface area (Å²) in [7, 11) is 2.68. The molecule has 1 amide bonds. The Morgan fingerprint density at radius 1 is 1.44 bits per heavy atom. The molecule has 0 saturated heterocycles. The van der Waals surface area contributed by atoms with E-state index in [0.29, 0.717) is 0 Å². The molecule has 1 aromatic carbocycles. The zero-order valence-electron chi connectivity index (χ0n) is 8.96. The summed E-state index contributed by atoms with van der Waals surface area (Å²) in [5, 5.41) is 0. The SMILES string of the molecule is COc1cc(F)c(N(C)CC(N)=O)cc1F. The van der Waals surface area contributed by atoms with E-state index in [1.165, 1.54) is 19.1 Å². The van der Waals surface area contributed by atoms with Gasteiger partial charge in [0.05, 0.1) is 19.3 Å². The van der Waals surface area contributed by atoms with E-state index in [1.807, 2.05) is 0 Å². The van der Waals surface area contributed by atoms with E-state index in [4.69, 9.17) is 5.73 Å². The number of carbonyl (C=O) groups is 1. The van der Waals surface area contributed by atoms with Crippen molar-refractivity contribution in [3.05, 3.63) is 23.8 Å². The fourth-order valence-electron chi connectivity index (χ4n) is 1.29. The van der Waals surface area contributed by atoms with Gasteiger partial charge in [-0.25, -0.2) is 8.78 Å². The normalized spacial score (nSPS) is 10.0. The fourth-order valence-corrected chi connectivity index (χ4v) is 1.29. The third-order valence-electron chi connectivity index (χ3n) is 2.03. The van der Waals surface area contributed by atoms with E-state index < -0.39 is 17.5 Å². The van der Waals surface area contributed by atoms with Gasteiger partial charge in [-0.1, -0.05) is 0 Å². The standard InChI is InChI=1S/C10H12F2N2O2/c1-14(5-10(13)15)8-3-7(12)9(16-2)4-6(8)11/h3-4H,5H2,1-2H3,(H2,13,15). The summed E-state index contributed by atoms with van der Waals surface area (Å²) < 4.78 is 31.4. The van der Waals surface area contributed by atoms with Crippen LogP contribution in [-0.4, -0.2) is 26.6 Å². The number of carbonyl (C=O) groups excluding carboxylic acids is 1. The number of hydrogen-bond acceptors (Lipinski definition) is 3. The van der Waals surface area contributed by atoms with Crippen LogP contribution in [0.15, 0.2) is 12.1 Å². The second-order valence-electron chi connectivity index (χ2n) is 3.26. The van der Waals surface area contributed by atoms with Crippen molar-refractivity contribution in [1.82, 2.24) is 0 Å². The van der Waals surface area contributed by atoms with E-state index in [1.54, 1.807) is 0 Å². The van der Waals surface area contributed by atoms with Crippen molar-refractivity contribution >= 4 is 11.6 Å². The molecule has 0 radical (unpaired) electrons. The molecule has 0 aliphatic heterocycles. The molecule has 4 nitrogen and oxygen atoms in total. The molecular formula is C10H12F2N2O2. The molecule has 0 aromatic heterocycles. The first-order valence-corrected chi connectivity index (χ1v) is 4.48. The van der Waals surface area contributed by atoms with Gasteiger partial charge in [-0.3, -0.25) is 4.79 Å². The summed E-state index contributed by atoms with van der Waals surface area (Å²) in [5.74, 6) is -2.19. The number of likely N-dealkylation sites (N-methyl/N-ethyl adjacent to an activating group) is 1. The number of methoxy groups -OCH3 is 1. The number of rotatable bonds is 4. The molecule has 0 saturated carbocycles. The van der Waals surface area contributed by atoms with Crippen molar-refractivity contribution in [2.45, 2.75) is 0 Å². The van der Waals surface area contributed by atoms with Crippen molar-refractivity contribution in [3.63, 3.8) is 0 Å². The number of anilines is 1. The van der Waals surface area contributed by atoms with Crippen LogP contribution in [0.25, 0.3) is 0 Å².